The predicted molar refractivity (Wildman–Crippen MR) is 61.0 cm³/mol. The van der Waals surface area contributed by atoms with Gasteiger partial charge in [-0.05, 0) is 19.1 Å². The van der Waals surface area contributed by atoms with Crippen molar-refractivity contribution in [1.82, 2.24) is 20.6 Å². The van der Waals surface area contributed by atoms with Gasteiger partial charge >= 0.3 is 0 Å². The van der Waals surface area contributed by atoms with Gasteiger partial charge in [-0.25, -0.2) is 0 Å². The van der Waals surface area contributed by atoms with Gasteiger partial charge in [0.05, 0.1) is 0 Å². The van der Waals surface area contributed by atoms with E-state index < -0.39 is 0 Å². The quantitative estimate of drug-likeness (QED) is 0.860. The standard InChI is InChI=1S/C9H10N4O.C2H6/c1-7-2-4-8(5-3-7)14-6-9-10-12-13-11-9;1-2/h2-5H,6H2,1H3,(H,10,11,12,13);1-2H3. The smallest absolute Gasteiger partial charge is 0.211 e. The first-order chi connectivity index (χ1) is 7.84. The molecular weight excluding hydrogens is 204 g/mol. The summed E-state index contributed by atoms with van der Waals surface area (Å²) in [5, 5.41) is 13.4. The SMILES string of the molecule is CC.Cc1ccc(OCc2nn[nH]n2)cc1. The van der Waals surface area contributed by atoms with Crippen LogP contribution >= 0.6 is 0 Å². The molecule has 2 aromatic rings. The Balaban J connectivity index is 0.000000606. The first-order valence-corrected chi connectivity index (χ1v) is 5.26. The molecule has 0 atom stereocenters. The molecule has 1 N–H and O–H groups in total. The summed E-state index contributed by atoms with van der Waals surface area (Å²) in [5.41, 5.74) is 1.21. The molecule has 0 unspecified atom stereocenters. The lowest BCUT2D eigenvalue weighted by Gasteiger charge is -2.02. The summed E-state index contributed by atoms with van der Waals surface area (Å²) in [7, 11) is 0. The second kappa shape index (κ2) is 6.55. The molecule has 0 aliphatic rings. The summed E-state index contributed by atoms with van der Waals surface area (Å²) in [4.78, 5) is 0. The van der Waals surface area contributed by atoms with E-state index in [0.29, 0.717) is 12.4 Å². The van der Waals surface area contributed by atoms with Gasteiger partial charge in [-0.15, -0.1) is 10.2 Å². The topological polar surface area (TPSA) is 63.7 Å². The second-order valence-electron chi connectivity index (χ2n) is 2.93. The van der Waals surface area contributed by atoms with E-state index in [-0.39, 0.29) is 0 Å². The Kier molecular flexibility index (Phi) is 4.98. The van der Waals surface area contributed by atoms with Crippen LogP contribution < -0.4 is 4.74 Å². The number of nitrogens with one attached hydrogen (secondary N) is 1. The summed E-state index contributed by atoms with van der Waals surface area (Å²) < 4.78 is 5.42. The van der Waals surface area contributed by atoms with Crippen molar-refractivity contribution in [2.45, 2.75) is 27.4 Å². The Labute approximate surface area is 94.8 Å². The normalized spacial score (nSPS) is 9.19. The number of aryl methyl sites for hydroxylation is 1. The molecule has 1 aromatic carbocycles. The summed E-state index contributed by atoms with van der Waals surface area (Å²) in [6.07, 6.45) is 0. The Morgan fingerprint density at radius 3 is 2.44 bits per heavy atom. The lowest BCUT2D eigenvalue weighted by Crippen LogP contribution is -1.97. The van der Waals surface area contributed by atoms with Crippen molar-refractivity contribution >= 4 is 0 Å². The number of hydrogen-bond donors (Lipinski definition) is 1. The van der Waals surface area contributed by atoms with E-state index in [0.717, 1.165) is 5.75 Å². The number of aromatic amines is 1. The van der Waals surface area contributed by atoms with Crippen LogP contribution in [0.4, 0.5) is 0 Å². The number of benzene rings is 1. The first-order valence-electron chi connectivity index (χ1n) is 5.26. The fourth-order valence-electron chi connectivity index (χ4n) is 1.03. The van der Waals surface area contributed by atoms with E-state index in [1.807, 2.05) is 45.0 Å². The van der Waals surface area contributed by atoms with Gasteiger partial charge in [0.25, 0.3) is 0 Å². The molecule has 86 valence electrons. The van der Waals surface area contributed by atoms with Crippen LogP contribution in [-0.4, -0.2) is 20.6 Å². The van der Waals surface area contributed by atoms with Crippen LogP contribution in [0.5, 0.6) is 5.75 Å². The van der Waals surface area contributed by atoms with Crippen LogP contribution in [0, 0.1) is 6.92 Å². The average Bonchev–Trinajstić information content (AvgIpc) is 2.84. The number of H-pyrrole nitrogens is 1. The fraction of sp³-hybridized carbons (Fsp3) is 0.364. The lowest BCUT2D eigenvalue weighted by atomic mass is 10.2. The Bertz CT molecular complexity index is 383. The fourth-order valence-corrected chi connectivity index (χ4v) is 1.03. The molecule has 0 fully saturated rings. The predicted octanol–water partition coefficient (Wildman–Crippen LogP) is 2.11. The zero-order valence-corrected chi connectivity index (χ0v) is 9.77. The summed E-state index contributed by atoms with van der Waals surface area (Å²) in [5.74, 6) is 1.35. The molecule has 1 heterocycles. The van der Waals surface area contributed by atoms with Crippen LogP contribution in [-0.2, 0) is 6.61 Å². The summed E-state index contributed by atoms with van der Waals surface area (Å²) in [6.45, 7) is 6.36. The minimum absolute atomic E-state index is 0.333. The summed E-state index contributed by atoms with van der Waals surface area (Å²) >= 11 is 0. The molecule has 0 radical (unpaired) electrons. The maximum Gasteiger partial charge on any atom is 0.211 e. The van der Waals surface area contributed by atoms with Gasteiger partial charge in [-0.3, -0.25) is 0 Å². The maximum absolute atomic E-state index is 5.42. The number of rotatable bonds is 3. The number of aromatic nitrogens is 4. The Hall–Kier alpha value is -1.91. The number of nitrogens with zero attached hydrogens (tertiary/aromatic N) is 3. The van der Waals surface area contributed by atoms with Gasteiger partial charge in [-0.2, -0.15) is 5.21 Å². The first kappa shape index (κ1) is 12.2. The lowest BCUT2D eigenvalue weighted by molar-refractivity contribution is 0.296. The van der Waals surface area contributed by atoms with E-state index in [1.165, 1.54) is 5.56 Å². The van der Waals surface area contributed by atoms with E-state index in [2.05, 4.69) is 20.6 Å². The van der Waals surface area contributed by atoms with E-state index >= 15 is 0 Å². The minimum atomic E-state index is 0.333. The van der Waals surface area contributed by atoms with Crippen LogP contribution in [0.15, 0.2) is 24.3 Å². The van der Waals surface area contributed by atoms with E-state index in [4.69, 9.17) is 4.74 Å². The van der Waals surface area contributed by atoms with Crippen molar-refractivity contribution < 1.29 is 4.74 Å². The zero-order valence-electron chi connectivity index (χ0n) is 9.77. The van der Waals surface area contributed by atoms with Crippen LogP contribution in [0.3, 0.4) is 0 Å². The number of ether oxygens (including phenoxy) is 1. The summed E-state index contributed by atoms with van der Waals surface area (Å²) in [6, 6.07) is 7.81. The number of hydrogen-bond acceptors (Lipinski definition) is 4. The average molecular weight is 220 g/mol. The molecule has 16 heavy (non-hydrogen) atoms. The zero-order chi connectivity index (χ0) is 11.8. The van der Waals surface area contributed by atoms with Crippen molar-refractivity contribution in [3.63, 3.8) is 0 Å². The molecule has 0 saturated carbocycles. The molecule has 0 saturated heterocycles. The molecule has 2 rings (SSSR count). The molecule has 0 amide bonds. The van der Waals surface area contributed by atoms with Gasteiger partial charge in [-0.1, -0.05) is 36.8 Å². The second-order valence-corrected chi connectivity index (χ2v) is 2.93. The number of tetrazole rings is 1. The minimum Gasteiger partial charge on any atom is -0.485 e. The van der Waals surface area contributed by atoms with Gasteiger partial charge < -0.3 is 4.74 Å². The third kappa shape index (κ3) is 3.68. The van der Waals surface area contributed by atoms with Crippen LogP contribution in [0.1, 0.15) is 25.2 Å². The molecule has 5 nitrogen and oxygen atoms in total. The highest BCUT2D eigenvalue weighted by molar-refractivity contribution is 5.26. The van der Waals surface area contributed by atoms with Crippen LogP contribution in [0.2, 0.25) is 0 Å². The molecule has 0 aliphatic heterocycles. The van der Waals surface area contributed by atoms with Crippen molar-refractivity contribution in [1.29, 1.82) is 0 Å². The van der Waals surface area contributed by atoms with Gasteiger partial charge in [0, 0.05) is 0 Å². The molecule has 1 aromatic heterocycles. The highest BCUT2D eigenvalue weighted by Gasteiger charge is 1.98. The molecule has 5 heteroatoms. The molecule has 0 aliphatic carbocycles. The molecule has 0 bridgehead atoms. The van der Waals surface area contributed by atoms with Gasteiger partial charge in [0.1, 0.15) is 5.75 Å². The Morgan fingerprint density at radius 2 is 1.88 bits per heavy atom. The monoisotopic (exact) mass is 220 g/mol. The third-order valence-corrected chi connectivity index (χ3v) is 1.78. The van der Waals surface area contributed by atoms with Crippen molar-refractivity contribution in [2.75, 3.05) is 0 Å². The molecular formula is C11H16N4O. The van der Waals surface area contributed by atoms with Crippen molar-refractivity contribution in [2.24, 2.45) is 0 Å². The molecule has 0 spiro atoms. The van der Waals surface area contributed by atoms with Crippen molar-refractivity contribution in [3.05, 3.63) is 35.7 Å². The van der Waals surface area contributed by atoms with Gasteiger partial charge in [0.15, 0.2) is 6.61 Å². The largest absolute Gasteiger partial charge is 0.485 e. The highest BCUT2D eigenvalue weighted by Crippen LogP contribution is 2.12. The third-order valence-electron chi connectivity index (χ3n) is 1.78. The van der Waals surface area contributed by atoms with Crippen LogP contribution in [0.25, 0.3) is 0 Å². The van der Waals surface area contributed by atoms with Gasteiger partial charge in [0.2, 0.25) is 5.82 Å². The van der Waals surface area contributed by atoms with E-state index in [9.17, 15) is 0 Å². The highest BCUT2D eigenvalue weighted by atomic mass is 16.5. The maximum atomic E-state index is 5.42. The van der Waals surface area contributed by atoms with Crippen molar-refractivity contribution in [3.8, 4) is 5.75 Å². The Morgan fingerprint density at radius 1 is 1.19 bits per heavy atom. The van der Waals surface area contributed by atoms with E-state index in [1.54, 1.807) is 0 Å².